The van der Waals surface area contributed by atoms with Crippen LogP contribution >= 0.6 is 0 Å². The summed E-state index contributed by atoms with van der Waals surface area (Å²) in [5.74, 6) is -4.39. The number of aliphatic hydroxyl groups is 1. The minimum Gasteiger partial charge on any atom is -0.511 e. The summed E-state index contributed by atoms with van der Waals surface area (Å²) in [7, 11) is 0. The van der Waals surface area contributed by atoms with Crippen molar-refractivity contribution in [1.82, 2.24) is 10.3 Å². The molecular weight excluding hydrogens is 424 g/mol. The number of aliphatic imine (C=N–C) groups is 1. The summed E-state index contributed by atoms with van der Waals surface area (Å²) in [4.78, 5) is 54.2. The maximum absolute atomic E-state index is 12.4. The number of nitrogens with one attached hydrogen (secondary N) is 3. The molecule has 0 unspecified atom stereocenters. The number of carbonyl (C=O) groups is 4. The highest BCUT2D eigenvalue weighted by Crippen LogP contribution is 2.19. The molecule has 170 valence electrons. The lowest BCUT2D eigenvalue weighted by Gasteiger charge is -2.16. The Hall–Kier alpha value is -4.29. The van der Waals surface area contributed by atoms with E-state index in [0.717, 1.165) is 0 Å². The monoisotopic (exact) mass is 446 g/mol. The van der Waals surface area contributed by atoms with Crippen LogP contribution in [0.15, 0.2) is 28.6 Å². The van der Waals surface area contributed by atoms with Crippen molar-refractivity contribution in [3.63, 3.8) is 0 Å². The molecule has 0 radical (unpaired) electrons. The summed E-state index contributed by atoms with van der Waals surface area (Å²) in [6, 6.07) is 0.0336. The van der Waals surface area contributed by atoms with Gasteiger partial charge in [-0.1, -0.05) is 0 Å². The molecular formula is C19H22N6O7. The molecule has 2 rings (SSSR count). The number of dihydropyridines is 1. The molecule has 0 spiro atoms. The number of aryl methyl sites for hydroxylation is 1. The molecule has 0 saturated heterocycles. The lowest BCUT2D eigenvalue weighted by atomic mass is 10.0. The smallest absolute Gasteiger partial charge is 0.326 e. The Bertz CT molecular complexity index is 1050. The van der Waals surface area contributed by atoms with Crippen LogP contribution in [0.1, 0.15) is 41.7 Å². The van der Waals surface area contributed by atoms with Gasteiger partial charge in [0.05, 0.1) is 24.7 Å². The Balaban J connectivity index is 2.04. The van der Waals surface area contributed by atoms with E-state index >= 15 is 0 Å². The number of hydrogen-bond acceptors (Lipinski definition) is 8. The Kier molecular flexibility index (Phi) is 7.61. The van der Waals surface area contributed by atoms with Crippen LogP contribution in [0.4, 0.5) is 5.69 Å². The second kappa shape index (κ2) is 10.1. The third-order valence-electron chi connectivity index (χ3n) is 4.40. The van der Waals surface area contributed by atoms with Gasteiger partial charge in [-0.25, -0.2) is 14.8 Å². The minimum absolute atomic E-state index is 0.0402. The van der Waals surface area contributed by atoms with Crippen LogP contribution in [0.3, 0.4) is 0 Å². The highest BCUT2D eigenvalue weighted by atomic mass is 16.4. The number of amidine groups is 2. The Morgan fingerprint density at radius 3 is 2.53 bits per heavy atom. The van der Waals surface area contributed by atoms with Crippen LogP contribution in [0.2, 0.25) is 0 Å². The highest BCUT2D eigenvalue weighted by Gasteiger charge is 2.24. The summed E-state index contributed by atoms with van der Waals surface area (Å²) < 4.78 is 0. The number of amides is 2. The third kappa shape index (κ3) is 6.35. The van der Waals surface area contributed by atoms with E-state index in [-0.39, 0.29) is 53.6 Å². The first-order chi connectivity index (χ1) is 15.0. The molecule has 1 aromatic heterocycles. The number of carboxylic acids is 2. The van der Waals surface area contributed by atoms with Crippen molar-refractivity contribution in [2.45, 2.75) is 38.6 Å². The third-order valence-corrected chi connectivity index (χ3v) is 4.40. The standard InChI is InChI=1S/C19H22N6O7/c1-8-4-9(23-14(27)5-10-12(26)6-13(20)25-17(10)21)7-22-16(8)18(30)24-11(19(31)32)2-3-15(28)29/h4,7,11,26H,2-3,5-6H2,1H3,(H,23,27)(H,24,30)(H,28,29)(H,31,32)(H3,20,21,25)/t11-/m0/s1. The van der Waals surface area contributed by atoms with Gasteiger partial charge in [-0.05, 0) is 25.0 Å². The zero-order valence-electron chi connectivity index (χ0n) is 17.0. The first kappa shape index (κ1) is 24.0. The molecule has 1 aromatic rings. The number of aliphatic carboxylic acids is 2. The van der Waals surface area contributed by atoms with Gasteiger partial charge in [0.15, 0.2) is 5.84 Å². The molecule has 0 saturated carbocycles. The van der Waals surface area contributed by atoms with Crippen molar-refractivity contribution in [3.05, 3.63) is 34.9 Å². The number of nitrogens with two attached hydrogens (primary N) is 1. The van der Waals surface area contributed by atoms with Crippen molar-refractivity contribution in [1.29, 1.82) is 5.41 Å². The van der Waals surface area contributed by atoms with Crippen molar-refractivity contribution in [3.8, 4) is 0 Å². The van der Waals surface area contributed by atoms with Gasteiger partial charge in [-0.2, -0.15) is 0 Å². The van der Waals surface area contributed by atoms with E-state index in [1.54, 1.807) is 0 Å². The van der Waals surface area contributed by atoms with E-state index in [0.29, 0.717) is 5.56 Å². The molecule has 0 aliphatic carbocycles. The van der Waals surface area contributed by atoms with E-state index < -0.39 is 36.2 Å². The lowest BCUT2D eigenvalue weighted by molar-refractivity contribution is -0.140. The largest absolute Gasteiger partial charge is 0.511 e. The molecule has 32 heavy (non-hydrogen) atoms. The zero-order chi connectivity index (χ0) is 24.0. The maximum Gasteiger partial charge on any atom is 0.326 e. The topological polar surface area (TPSA) is 228 Å². The quantitative estimate of drug-likeness (QED) is 0.276. The average Bonchev–Trinajstić information content (AvgIpc) is 2.67. The van der Waals surface area contributed by atoms with Gasteiger partial charge < -0.3 is 31.7 Å². The van der Waals surface area contributed by atoms with Crippen molar-refractivity contribution in [2.75, 3.05) is 5.32 Å². The van der Waals surface area contributed by atoms with Gasteiger partial charge >= 0.3 is 11.9 Å². The van der Waals surface area contributed by atoms with Crippen LogP contribution in [0.5, 0.6) is 0 Å². The molecule has 2 heterocycles. The van der Waals surface area contributed by atoms with Crippen LogP contribution in [0.25, 0.3) is 0 Å². The molecule has 13 heteroatoms. The first-order valence-electron chi connectivity index (χ1n) is 9.32. The number of aliphatic hydroxyl groups excluding tert-OH is 1. The molecule has 13 nitrogen and oxygen atoms in total. The van der Waals surface area contributed by atoms with Crippen LogP contribution < -0.4 is 16.4 Å². The summed E-state index contributed by atoms with van der Waals surface area (Å²) in [5, 5.41) is 40.2. The fourth-order valence-corrected chi connectivity index (χ4v) is 2.85. The SMILES string of the molecule is Cc1cc(NC(=O)CC2=C(O)CC(N)=NC2=N)cnc1C(=O)N[C@@H](CCC(=O)O)C(=O)O. The van der Waals surface area contributed by atoms with Crippen LogP contribution in [0, 0.1) is 12.3 Å². The molecule has 2 amide bonds. The number of carbonyl (C=O) groups excluding carboxylic acids is 2. The fourth-order valence-electron chi connectivity index (χ4n) is 2.85. The number of hydrogen-bond donors (Lipinski definition) is 7. The van der Waals surface area contributed by atoms with Crippen LogP contribution in [-0.4, -0.2) is 61.8 Å². The number of carboxylic acid groups (broad SMARTS) is 2. The number of rotatable bonds is 9. The molecule has 1 atom stereocenters. The number of anilines is 1. The van der Waals surface area contributed by atoms with E-state index in [1.807, 2.05) is 0 Å². The second-order valence-corrected chi connectivity index (χ2v) is 6.96. The number of aromatic nitrogens is 1. The number of nitrogens with zero attached hydrogens (tertiary/aromatic N) is 2. The predicted octanol–water partition coefficient (Wildman–Crippen LogP) is 0.317. The van der Waals surface area contributed by atoms with Gasteiger partial charge in [-0.15, -0.1) is 0 Å². The Morgan fingerprint density at radius 1 is 1.28 bits per heavy atom. The molecule has 8 N–H and O–H groups in total. The van der Waals surface area contributed by atoms with Crippen molar-refractivity contribution < 1.29 is 34.5 Å². The molecule has 1 aliphatic heterocycles. The lowest BCUT2D eigenvalue weighted by Crippen LogP contribution is -2.41. The zero-order valence-corrected chi connectivity index (χ0v) is 17.0. The summed E-state index contributed by atoms with van der Waals surface area (Å²) in [6.07, 6.45) is 0.0717. The van der Waals surface area contributed by atoms with E-state index in [4.69, 9.17) is 21.4 Å². The fraction of sp³-hybridized carbons (Fsp3) is 0.316. The van der Waals surface area contributed by atoms with E-state index in [2.05, 4.69) is 20.6 Å². The maximum atomic E-state index is 12.4. The average molecular weight is 446 g/mol. The van der Waals surface area contributed by atoms with Crippen molar-refractivity contribution >= 4 is 41.1 Å². The molecule has 0 fully saturated rings. The summed E-state index contributed by atoms with van der Waals surface area (Å²) >= 11 is 0. The molecule has 1 aliphatic rings. The molecule has 0 aromatic carbocycles. The highest BCUT2D eigenvalue weighted by molar-refractivity contribution is 6.11. The van der Waals surface area contributed by atoms with Crippen molar-refractivity contribution in [2.24, 2.45) is 10.7 Å². The van der Waals surface area contributed by atoms with Gasteiger partial charge in [0.25, 0.3) is 5.91 Å². The van der Waals surface area contributed by atoms with E-state index in [1.165, 1.54) is 19.2 Å². The minimum atomic E-state index is -1.40. The Morgan fingerprint density at radius 2 is 1.97 bits per heavy atom. The summed E-state index contributed by atoms with van der Waals surface area (Å²) in [6.45, 7) is 1.52. The van der Waals surface area contributed by atoms with E-state index in [9.17, 15) is 24.3 Å². The summed E-state index contributed by atoms with van der Waals surface area (Å²) in [5.41, 5.74) is 5.98. The van der Waals surface area contributed by atoms with Gasteiger partial charge in [-0.3, -0.25) is 19.8 Å². The number of pyridine rings is 1. The first-order valence-corrected chi connectivity index (χ1v) is 9.32. The van der Waals surface area contributed by atoms with Gasteiger partial charge in [0.2, 0.25) is 5.91 Å². The second-order valence-electron chi connectivity index (χ2n) is 6.96. The Labute approximate surface area is 181 Å². The normalized spacial score (nSPS) is 14.4. The van der Waals surface area contributed by atoms with Gasteiger partial charge in [0.1, 0.15) is 23.3 Å². The van der Waals surface area contributed by atoms with Gasteiger partial charge in [0, 0.05) is 12.0 Å². The predicted molar refractivity (Wildman–Crippen MR) is 112 cm³/mol. The molecule has 0 bridgehead atoms. The van der Waals surface area contributed by atoms with Crippen LogP contribution in [-0.2, 0) is 14.4 Å².